The normalized spacial score (nSPS) is 10.3. The van der Waals surface area contributed by atoms with Crippen molar-refractivity contribution in [2.45, 2.75) is 6.92 Å². The maximum atomic E-state index is 12.9. The summed E-state index contributed by atoms with van der Waals surface area (Å²) in [5.41, 5.74) is 1.64. The summed E-state index contributed by atoms with van der Waals surface area (Å²) in [4.78, 5) is 28.6. The Balaban J connectivity index is 1.61. The van der Waals surface area contributed by atoms with Crippen molar-refractivity contribution >= 4 is 34.0 Å². The number of aryl methyl sites for hydroxylation is 1. The Morgan fingerprint density at radius 2 is 1.86 bits per heavy atom. The van der Waals surface area contributed by atoms with Crippen molar-refractivity contribution in [2.75, 3.05) is 24.4 Å². The fourth-order valence-corrected chi connectivity index (χ4v) is 3.07. The number of carbonyl (C=O) groups is 2. The molecule has 0 spiro atoms. The molecule has 0 atom stereocenters. The maximum Gasteiger partial charge on any atom is 0.262 e. The number of carbonyl (C=O) groups excluding carboxylic acids is 2. The SMILES string of the molecule is COc1cc(C(=O)Nc2nc(C)cs2)ccc1OCC(=O)Nc1ccc(F)cc1. The molecule has 0 unspecified atom stereocenters. The van der Waals surface area contributed by atoms with Crippen LogP contribution in [-0.2, 0) is 4.79 Å². The van der Waals surface area contributed by atoms with Gasteiger partial charge in [0.25, 0.3) is 11.8 Å². The van der Waals surface area contributed by atoms with Crippen LogP contribution in [0.3, 0.4) is 0 Å². The van der Waals surface area contributed by atoms with E-state index in [1.807, 2.05) is 12.3 Å². The Morgan fingerprint density at radius 1 is 1.10 bits per heavy atom. The quantitative estimate of drug-likeness (QED) is 0.612. The molecule has 3 aromatic rings. The second kappa shape index (κ2) is 9.16. The van der Waals surface area contributed by atoms with E-state index in [2.05, 4.69) is 15.6 Å². The molecule has 0 saturated carbocycles. The predicted molar refractivity (Wildman–Crippen MR) is 108 cm³/mol. The lowest BCUT2D eigenvalue weighted by atomic mass is 10.2. The first-order valence-corrected chi connectivity index (χ1v) is 9.42. The van der Waals surface area contributed by atoms with Crippen LogP contribution in [0, 0.1) is 12.7 Å². The summed E-state index contributed by atoms with van der Waals surface area (Å²) in [6, 6.07) is 10.0. The largest absolute Gasteiger partial charge is 0.493 e. The zero-order valence-corrected chi connectivity index (χ0v) is 16.5. The van der Waals surface area contributed by atoms with Gasteiger partial charge in [0.15, 0.2) is 23.2 Å². The van der Waals surface area contributed by atoms with Gasteiger partial charge in [0.2, 0.25) is 0 Å². The van der Waals surface area contributed by atoms with Crippen molar-refractivity contribution in [1.29, 1.82) is 0 Å². The van der Waals surface area contributed by atoms with Gasteiger partial charge in [-0.05, 0) is 49.4 Å². The van der Waals surface area contributed by atoms with E-state index in [9.17, 15) is 14.0 Å². The van der Waals surface area contributed by atoms with Crippen molar-refractivity contribution in [1.82, 2.24) is 4.98 Å². The van der Waals surface area contributed by atoms with Gasteiger partial charge < -0.3 is 14.8 Å². The van der Waals surface area contributed by atoms with Crippen LogP contribution < -0.4 is 20.1 Å². The third-order valence-electron chi connectivity index (χ3n) is 3.75. The fourth-order valence-electron chi connectivity index (χ4n) is 2.38. The van der Waals surface area contributed by atoms with Crippen LogP contribution in [0.4, 0.5) is 15.2 Å². The number of thiazole rings is 1. The van der Waals surface area contributed by atoms with E-state index in [0.29, 0.717) is 27.9 Å². The molecule has 7 nitrogen and oxygen atoms in total. The predicted octanol–water partition coefficient (Wildman–Crippen LogP) is 3.87. The van der Waals surface area contributed by atoms with Gasteiger partial charge in [-0.15, -0.1) is 11.3 Å². The monoisotopic (exact) mass is 415 g/mol. The molecule has 1 heterocycles. The Labute approximate surface area is 170 Å². The molecular formula is C20H18FN3O4S. The van der Waals surface area contributed by atoms with Crippen LogP contribution in [0.5, 0.6) is 11.5 Å². The molecule has 150 valence electrons. The van der Waals surface area contributed by atoms with Gasteiger partial charge in [-0.25, -0.2) is 9.37 Å². The molecule has 1 aromatic heterocycles. The van der Waals surface area contributed by atoms with Crippen molar-refractivity contribution < 1.29 is 23.5 Å². The summed E-state index contributed by atoms with van der Waals surface area (Å²) < 4.78 is 23.7. The molecule has 29 heavy (non-hydrogen) atoms. The van der Waals surface area contributed by atoms with Gasteiger partial charge >= 0.3 is 0 Å². The fraction of sp³-hybridized carbons (Fsp3) is 0.150. The number of hydrogen-bond donors (Lipinski definition) is 2. The topological polar surface area (TPSA) is 89.6 Å². The lowest BCUT2D eigenvalue weighted by molar-refractivity contribution is -0.118. The van der Waals surface area contributed by atoms with E-state index >= 15 is 0 Å². The standard InChI is InChI=1S/C20H18FN3O4S/c1-12-11-29-20(22-12)24-19(26)13-3-8-16(17(9-13)27-2)28-10-18(25)23-15-6-4-14(21)5-7-15/h3-9,11H,10H2,1-2H3,(H,23,25)(H,22,24,26). The Hall–Kier alpha value is -3.46. The number of hydrogen-bond acceptors (Lipinski definition) is 6. The van der Waals surface area contributed by atoms with Crippen LogP contribution in [0.2, 0.25) is 0 Å². The third kappa shape index (κ3) is 5.52. The van der Waals surface area contributed by atoms with Crippen molar-refractivity contribution in [2.24, 2.45) is 0 Å². The van der Waals surface area contributed by atoms with Crippen molar-refractivity contribution in [3.05, 3.63) is 64.9 Å². The van der Waals surface area contributed by atoms with E-state index in [0.717, 1.165) is 5.69 Å². The number of amides is 2. The molecule has 3 rings (SSSR count). The Kier molecular flexibility index (Phi) is 6.40. The van der Waals surface area contributed by atoms with E-state index in [-0.39, 0.29) is 12.5 Å². The molecule has 0 saturated heterocycles. The molecule has 2 aromatic carbocycles. The summed E-state index contributed by atoms with van der Waals surface area (Å²) in [6.07, 6.45) is 0. The molecule has 9 heteroatoms. The van der Waals surface area contributed by atoms with Gasteiger partial charge in [0.1, 0.15) is 5.82 Å². The number of rotatable bonds is 7. The van der Waals surface area contributed by atoms with Gasteiger partial charge in [-0.3, -0.25) is 14.9 Å². The van der Waals surface area contributed by atoms with E-state index in [1.165, 1.54) is 48.8 Å². The molecular weight excluding hydrogens is 397 g/mol. The van der Waals surface area contributed by atoms with Crippen LogP contribution in [0.25, 0.3) is 0 Å². The smallest absolute Gasteiger partial charge is 0.262 e. The molecule has 0 bridgehead atoms. The van der Waals surface area contributed by atoms with Gasteiger partial charge in [-0.2, -0.15) is 0 Å². The molecule has 0 aliphatic rings. The molecule has 2 amide bonds. The van der Waals surface area contributed by atoms with E-state index in [1.54, 1.807) is 12.1 Å². The minimum absolute atomic E-state index is 0.280. The summed E-state index contributed by atoms with van der Waals surface area (Å²) in [5.74, 6) is -0.526. The van der Waals surface area contributed by atoms with Crippen LogP contribution in [0.1, 0.15) is 16.1 Å². The van der Waals surface area contributed by atoms with Crippen LogP contribution in [0.15, 0.2) is 47.8 Å². The van der Waals surface area contributed by atoms with Gasteiger partial charge in [-0.1, -0.05) is 0 Å². The first-order chi connectivity index (χ1) is 13.9. The van der Waals surface area contributed by atoms with E-state index in [4.69, 9.17) is 9.47 Å². The minimum Gasteiger partial charge on any atom is -0.493 e. The Morgan fingerprint density at radius 3 is 2.52 bits per heavy atom. The zero-order valence-electron chi connectivity index (χ0n) is 15.7. The number of ether oxygens (including phenoxy) is 2. The van der Waals surface area contributed by atoms with Gasteiger partial charge in [0, 0.05) is 16.6 Å². The lowest BCUT2D eigenvalue weighted by Crippen LogP contribution is -2.20. The average molecular weight is 415 g/mol. The maximum absolute atomic E-state index is 12.9. The lowest BCUT2D eigenvalue weighted by Gasteiger charge is -2.12. The van der Waals surface area contributed by atoms with Crippen LogP contribution in [-0.4, -0.2) is 30.5 Å². The molecule has 0 radical (unpaired) electrons. The van der Waals surface area contributed by atoms with Crippen molar-refractivity contribution in [3.8, 4) is 11.5 Å². The average Bonchev–Trinajstić information content (AvgIpc) is 3.12. The number of halogens is 1. The zero-order chi connectivity index (χ0) is 20.8. The number of aromatic nitrogens is 1. The highest BCUT2D eigenvalue weighted by atomic mass is 32.1. The third-order valence-corrected chi connectivity index (χ3v) is 4.63. The molecule has 0 aliphatic heterocycles. The second-order valence-corrected chi connectivity index (χ2v) is 6.82. The number of benzene rings is 2. The Bertz CT molecular complexity index is 1020. The highest BCUT2D eigenvalue weighted by Gasteiger charge is 2.14. The summed E-state index contributed by atoms with van der Waals surface area (Å²) in [7, 11) is 1.44. The van der Waals surface area contributed by atoms with Crippen molar-refractivity contribution in [3.63, 3.8) is 0 Å². The van der Waals surface area contributed by atoms with Crippen LogP contribution >= 0.6 is 11.3 Å². The number of anilines is 2. The summed E-state index contributed by atoms with van der Waals surface area (Å²) >= 11 is 1.33. The molecule has 2 N–H and O–H groups in total. The number of methoxy groups -OCH3 is 1. The first-order valence-electron chi connectivity index (χ1n) is 8.54. The minimum atomic E-state index is -0.417. The highest BCUT2D eigenvalue weighted by Crippen LogP contribution is 2.28. The summed E-state index contributed by atoms with van der Waals surface area (Å²) in [6.45, 7) is 1.56. The van der Waals surface area contributed by atoms with E-state index < -0.39 is 11.7 Å². The number of nitrogens with zero attached hydrogens (tertiary/aromatic N) is 1. The summed E-state index contributed by atoms with van der Waals surface area (Å²) in [5, 5.41) is 7.65. The molecule has 0 aliphatic carbocycles. The second-order valence-electron chi connectivity index (χ2n) is 5.96. The highest BCUT2D eigenvalue weighted by molar-refractivity contribution is 7.13. The number of nitrogens with one attached hydrogen (secondary N) is 2. The van der Waals surface area contributed by atoms with Gasteiger partial charge in [0.05, 0.1) is 12.8 Å². The molecule has 0 fully saturated rings. The first kappa shape index (κ1) is 20.3.